The van der Waals surface area contributed by atoms with Crippen LogP contribution in [0.4, 0.5) is 17.6 Å². The highest BCUT2D eigenvalue weighted by atomic mass is 35.5. The Morgan fingerprint density at radius 2 is 2.00 bits per heavy atom. The number of hydrogen-bond acceptors (Lipinski definition) is 5. The zero-order valence-corrected chi connectivity index (χ0v) is 19.3. The molecule has 1 saturated carbocycles. The number of benzene rings is 2. The van der Waals surface area contributed by atoms with Gasteiger partial charge in [-0.25, -0.2) is 14.4 Å². The van der Waals surface area contributed by atoms with Crippen LogP contribution in [-0.2, 0) is 12.7 Å². The summed E-state index contributed by atoms with van der Waals surface area (Å²) in [6.07, 6.45) is -0.915. The zero-order valence-electron chi connectivity index (χ0n) is 17.7. The number of nitrogens with zero attached hydrogens (tertiary/aromatic N) is 3. The molecule has 178 valence electrons. The topological polar surface area (TPSA) is 60.9 Å². The largest absolute Gasteiger partial charge is 0.447 e. The van der Waals surface area contributed by atoms with Crippen molar-refractivity contribution in [1.29, 1.82) is 0 Å². The fraction of sp³-hybridized carbons (Fsp3) is 0.208. The van der Waals surface area contributed by atoms with Crippen LogP contribution in [0.3, 0.4) is 0 Å². The summed E-state index contributed by atoms with van der Waals surface area (Å²) < 4.78 is 63.7. The lowest BCUT2D eigenvalue weighted by Crippen LogP contribution is -2.24. The molecule has 2 aromatic carbocycles. The molecule has 1 fully saturated rings. The minimum absolute atomic E-state index is 0.102. The molecule has 0 atom stereocenters. The van der Waals surface area contributed by atoms with Gasteiger partial charge in [0, 0.05) is 15.1 Å². The Labute approximate surface area is 203 Å². The van der Waals surface area contributed by atoms with Gasteiger partial charge in [0.25, 0.3) is 5.56 Å². The van der Waals surface area contributed by atoms with Gasteiger partial charge in [-0.15, -0.1) is 11.3 Å². The van der Waals surface area contributed by atoms with Gasteiger partial charge in [0.2, 0.25) is 0 Å². The van der Waals surface area contributed by atoms with Gasteiger partial charge >= 0.3 is 6.18 Å². The molecule has 5 nitrogen and oxygen atoms in total. The second-order valence-electron chi connectivity index (χ2n) is 8.38. The molecule has 0 spiro atoms. The number of oxazole rings is 1. The molecule has 0 amide bonds. The first-order chi connectivity index (χ1) is 16.7. The smallest absolute Gasteiger partial charge is 0.419 e. The van der Waals surface area contributed by atoms with Crippen molar-refractivity contribution in [2.45, 2.75) is 31.5 Å². The van der Waals surface area contributed by atoms with Crippen molar-refractivity contribution in [2.24, 2.45) is 0 Å². The van der Waals surface area contributed by atoms with Crippen LogP contribution in [0.5, 0.6) is 0 Å². The summed E-state index contributed by atoms with van der Waals surface area (Å²) >= 11 is 7.28. The standard InChI is InChI=1S/C24H14ClF4N3O2S/c25-12-3-4-15-17(7-12)35-22-19(15)23(33)32(9-13-8-30-10-34-13)21(31-22)18-14(11-1-2-11)5-6-16(20(18)26)24(27,28)29/h3-8,10-11H,1-2,9H2. The maximum Gasteiger partial charge on any atom is 0.419 e. The van der Waals surface area contributed by atoms with Crippen LogP contribution in [0.2, 0.25) is 5.02 Å². The Hall–Kier alpha value is -3.24. The minimum atomic E-state index is -4.91. The third-order valence-corrected chi connectivity index (χ3v) is 7.35. The van der Waals surface area contributed by atoms with Gasteiger partial charge in [0.1, 0.15) is 22.2 Å². The normalized spacial score (nSPS) is 14.3. The number of halogens is 5. The fourth-order valence-electron chi connectivity index (χ4n) is 4.32. The van der Waals surface area contributed by atoms with Crippen molar-refractivity contribution in [1.82, 2.24) is 14.5 Å². The predicted molar refractivity (Wildman–Crippen MR) is 124 cm³/mol. The van der Waals surface area contributed by atoms with Gasteiger partial charge < -0.3 is 4.42 Å². The van der Waals surface area contributed by atoms with Gasteiger partial charge in [-0.05, 0) is 42.5 Å². The van der Waals surface area contributed by atoms with E-state index in [1.807, 2.05) is 0 Å². The lowest BCUT2D eigenvalue weighted by molar-refractivity contribution is -0.139. The molecule has 11 heteroatoms. The highest BCUT2D eigenvalue weighted by molar-refractivity contribution is 7.25. The van der Waals surface area contributed by atoms with Crippen molar-refractivity contribution in [3.8, 4) is 11.4 Å². The van der Waals surface area contributed by atoms with E-state index in [-0.39, 0.29) is 39.8 Å². The summed E-state index contributed by atoms with van der Waals surface area (Å²) in [5, 5.41) is 1.35. The van der Waals surface area contributed by atoms with E-state index >= 15 is 4.39 Å². The van der Waals surface area contributed by atoms with Crippen LogP contribution >= 0.6 is 22.9 Å². The van der Waals surface area contributed by atoms with E-state index in [0.29, 0.717) is 33.5 Å². The molecule has 35 heavy (non-hydrogen) atoms. The van der Waals surface area contributed by atoms with Crippen LogP contribution in [0, 0.1) is 5.82 Å². The Bertz CT molecular complexity index is 1670. The first-order valence-electron chi connectivity index (χ1n) is 10.6. The minimum Gasteiger partial charge on any atom is -0.447 e. The van der Waals surface area contributed by atoms with Crippen molar-refractivity contribution < 1.29 is 22.0 Å². The van der Waals surface area contributed by atoms with E-state index in [1.54, 1.807) is 18.2 Å². The van der Waals surface area contributed by atoms with Gasteiger partial charge in [0.15, 0.2) is 6.39 Å². The summed E-state index contributed by atoms with van der Waals surface area (Å²) in [7, 11) is 0. The van der Waals surface area contributed by atoms with E-state index in [1.165, 1.54) is 30.0 Å². The molecule has 3 heterocycles. The summed E-state index contributed by atoms with van der Waals surface area (Å²) in [5.74, 6) is -1.45. The van der Waals surface area contributed by atoms with Crippen molar-refractivity contribution >= 4 is 43.2 Å². The van der Waals surface area contributed by atoms with Crippen molar-refractivity contribution in [2.75, 3.05) is 0 Å². The van der Waals surface area contributed by atoms with Crippen LogP contribution in [-0.4, -0.2) is 14.5 Å². The number of fused-ring (bicyclic) bond motifs is 3. The Balaban J connectivity index is 1.72. The first kappa shape index (κ1) is 22.2. The number of thiophene rings is 1. The SMILES string of the molecule is O=c1c2c(nc(-c3c(C4CC4)ccc(C(F)(F)F)c3F)n1Cc1cnco1)sc1cc(Cl)ccc12. The van der Waals surface area contributed by atoms with Gasteiger partial charge in [0.05, 0.1) is 29.3 Å². The van der Waals surface area contributed by atoms with Crippen LogP contribution in [0.1, 0.15) is 35.6 Å². The highest BCUT2D eigenvalue weighted by Crippen LogP contribution is 2.47. The molecule has 0 bridgehead atoms. The fourth-order valence-corrected chi connectivity index (χ4v) is 5.66. The van der Waals surface area contributed by atoms with E-state index in [4.69, 9.17) is 16.0 Å². The Kier molecular flexibility index (Phi) is 5.01. The quantitative estimate of drug-likeness (QED) is 0.240. The van der Waals surface area contributed by atoms with Crippen LogP contribution in [0.15, 0.2) is 52.1 Å². The van der Waals surface area contributed by atoms with Crippen LogP contribution in [0.25, 0.3) is 31.7 Å². The average Bonchev–Trinajstić information content (AvgIpc) is 3.38. The molecule has 0 unspecified atom stereocenters. The predicted octanol–water partition coefficient (Wildman–Crippen LogP) is 7.00. The average molecular weight is 520 g/mol. The molecular formula is C24H14ClF4N3O2S. The molecule has 0 aliphatic heterocycles. The molecule has 1 aliphatic rings. The lowest BCUT2D eigenvalue weighted by Gasteiger charge is -2.18. The Morgan fingerprint density at radius 1 is 1.20 bits per heavy atom. The number of hydrogen-bond donors (Lipinski definition) is 0. The second kappa shape index (κ2) is 7.89. The molecular weight excluding hydrogens is 506 g/mol. The first-order valence-corrected chi connectivity index (χ1v) is 11.8. The Morgan fingerprint density at radius 3 is 2.69 bits per heavy atom. The van der Waals surface area contributed by atoms with E-state index in [0.717, 1.165) is 10.6 Å². The molecule has 6 rings (SSSR count). The van der Waals surface area contributed by atoms with E-state index in [9.17, 15) is 18.0 Å². The second-order valence-corrected chi connectivity index (χ2v) is 9.85. The molecule has 1 aliphatic carbocycles. The molecule has 0 N–H and O–H groups in total. The van der Waals surface area contributed by atoms with Crippen molar-refractivity contribution in [3.05, 3.63) is 81.0 Å². The highest BCUT2D eigenvalue weighted by Gasteiger charge is 2.39. The third-order valence-electron chi connectivity index (χ3n) is 6.07. The van der Waals surface area contributed by atoms with E-state index < -0.39 is 23.1 Å². The summed E-state index contributed by atoms with van der Waals surface area (Å²) in [5.41, 5.74) is -1.83. The van der Waals surface area contributed by atoms with Gasteiger partial charge in [-0.3, -0.25) is 9.36 Å². The maximum atomic E-state index is 15.6. The van der Waals surface area contributed by atoms with E-state index in [2.05, 4.69) is 9.97 Å². The molecule has 0 saturated heterocycles. The maximum absolute atomic E-state index is 15.6. The van der Waals surface area contributed by atoms with Gasteiger partial charge in [-0.1, -0.05) is 23.7 Å². The monoisotopic (exact) mass is 519 g/mol. The summed E-state index contributed by atoms with van der Waals surface area (Å²) in [4.78, 5) is 22.5. The lowest BCUT2D eigenvalue weighted by atomic mass is 9.98. The van der Waals surface area contributed by atoms with Crippen LogP contribution < -0.4 is 5.56 Å². The summed E-state index contributed by atoms with van der Waals surface area (Å²) in [6.45, 7) is -0.179. The van der Waals surface area contributed by atoms with Crippen molar-refractivity contribution in [3.63, 3.8) is 0 Å². The number of aromatic nitrogens is 3. The molecule has 3 aromatic heterocycles. The van der Waals surface area contributed by atoms with Gasteiger partial charge in [-0.2, -0.15) is 13.2 Å². The third kappa shape index (κ3) is 3.71. The zero-order chi connectivity index (χ0) is 24.5. The summed E-state index contributed by atoms with van der Waals surface area (Å²) in [6, 6.07) is 7.06. The molecule has 5 aromatic rings. The number of rotatable bonds is 4. The molecule has 0 radical (unpaired) electrons. The number of alkyl halides is 3.